The molecule has 1 saturated heterocycles. The number of anilines is 1. The van der Waals surface area contributed by atoms with E-state index in [-0.39, 0.29) is 30.7 Å². The molecule has 1 spiro atoms. The highest BCUT2D eigenvalue weighted by atomic mass is 16.2. The second-order valence-electron chi connectivity index (χ2n) is 8.14. The van der Waals surface area contributed by atoms with Crippen molar-refractivity contribution in [3.63, 3.8) is 0 Å². The third-order valence-corrected chi connectivity index (χ3v) is 6.16. The van der Waals surface area contributed by atoms with E-state index >= 15 is 0 Å². The molecule has 0 bridgehead atoms. The number of benzene rings is 1. The Bertz CT molecular complexity index is 958. The van der Waals surface area contributed by atoms with E-state index in [0.717, 1.165) is 48.4 Å². The number of nitrogens with zero attached hydrogens (tertiary/aromatic N) is 3. The maximum Gasteiger partial charge on any atom is 0.244 e. The number of carbonyl (C=O) groups excluding carboxylic acids is 3. The number of imide groups is 1. The fourth-order valence-corrected chi connectivity index (χ4v) is 4.61. The molecule has 0 unspecified atom stereocenters. The van der Waals surface area contributed by atoms with Crippen molar-refractivity contribution in [2.24, 2.45) is 5.41 Å². The van der Waals surface area contributed by atoms with Gasteiger partial charge >= 0.3 is 0 Å². The summed E-state index contributed by atoms with van der Waals surface area (Å²) in [7, 11) is 0. The Morgan fingerprint density at radius 1 is 1.10 bits per heavy atom. The van der Waals surface area contributed by atoms with E-state index in [1.807, 2.05) is 44.2 Å². The molecule has 0 atom stereocenters. The molecule has 7 nitrogen and oxygen atoms in total. The molecule has 7 heteroatoms. The molecule has 2 fully saturated rings. The van der Waals surface area contributed by atoms with Crippen molar-refractivity contribution < 1.29 is 14.4 Å². The molecular weight excluding hydrogens is 368 g/mol. The second-order valence-corrected chi connectivity index (χ2v) is 8.14. The Balaban J connectivity index is 1.49. The predicted molar refractivity (Wildman–Crippen MR) is 109 cm³/mol. The number of hydrogen-bond donors (Lipinski definition) is 1. The summed E-state index contributed by atoms with van der Waals surface area (Å²) in [6.07, 6.45) is 4.78. The lowest BCUT2D eigenvalue weighted by Gasteiger charge is -2.30. The molecule has 1 aliphatic carbocycles. The van der Waals surface area contributed by atoms with Gasteiger partial charge in [0.1, 0.15) is 6.54 Å². The van der Waals surface area contributed by atoms with Gasteiger partial charge in [-0.2, -0.15) is 5.10 Å². The summed E-state index contributed by atoms with van der Waals surface area (Å²) < 4.78 is 1.77. The number of amides is 3. The zero-order chi connectivity index (χ0) is 20.6. The molecule has 2 aromatic rings. The summed E-state index contributed by atoms with van der Waals surface area (Å²) in [5.74, 6) is -0.787. The average molecular weight is 394 g/mol. The largest absolute Gasteiger partial charge is 0.321 e. The number of nitrogens with one attached hydrogen (secondary N) is 1. The first-order valence-corrected chi connectivity index (χ1v) is 10.2. The normalized spacial score (nSPS) is 18.5. The molecule has 3 amide bonds. The van der Waals surface area contributed by atoms with Gasteiger partial charge in [0.15, 0.2) is 0 Å². The fraction of sp³-hybridized carbons (Fsp3) is 0.455. The van der Waals surface area contributed by atoms with Gasteiger partial charge in [0, 0.05) is 6.42 Å². The first kappa shape index (κ1) is 19.4. The lowest BCUT2D eigenvalue weighted by Crippen LogP contribution is -2.41. The number of aryl methyl sites for hydroxylation is 1. The second kappa shape index (κ2) is 7.46. The summed E-state index contributed by atoms with van der Waals surface area (Å²) in [5.41, 5.74) is 2.43. The van der Waals surface area contributed by atoms with Crippen LogP contribution in [0.15, 0.2) is 30.3 Å². The van der Waals surface area contributed by atoms with E-state index in [1.165, 1.54) is 0 Å². The molecule has 1 N–H and O–H groups in total. The van der Waals surface area contributed by atoms with E-state index in [4.69, 9.17) is 0 Å². The van der Waals surface area contributed by atoms with Crippen LogP contribution in [0.3, 0.4) is 0 Å². The molecule has 4 rings (SSSR count). The lowest BCUT2D eigenvalue weighted by atomic mass is 9.73. The van der Waals surface area contributed by atoms with Crippen LogP contribution in [0.2, 0.25) is 0 Å². The van der Waals surface area contributed by atoms with Crippen molar-refractivity contribution in [2.75, 3.05) is 11.9 Å². The van der Waals surface area contributed by atoms with Crippen LogP contribution < -0.4 is 5.32 Å². The van der Waals surface area contributed by atoms with Crippen LogP contribution >= 0.6 is 0 Å². The Kier molecular flexibility index (Phi) is 4.98. The number of hydrogen-bond acceptors (Lipinski definition) is 4. The Hall–Kier alpha value is -2.96. The molecule has 29 heavy (non-hydrogen) atoms. The molecule has 2 aliphatic rings. The van der Waals surface area contributed by atoms with Crippen LogP contribution in [0.25, 0.3) is 5.69 Å². The van der Waals surface area contributed by atoms with E-state index in [2.05, 4.69) is 10.4 Å². The molecule has 152 valence electrons. The van der Waals surface area contributed by atoms with Crippen molar-refractivity contribution in [1.29, 1.82) is 0 Å². The number of likely N-dealkylation sites (tertiary alicyclic amines) is 1. The van der Waals surface area contributed by atoms with Crippen LogP contribution in [0.1, 0.15) is 49.9 Å². The van der Waals surface area contributed by atoms with Gasteiger partial charge < -0.3 is 5.32 Å². The summed E-state index contributed by atoms with van der Waals surface area (Å²) in [6.45, 7) is 3.46. The molecule has 0 radical (unpaired) electrons. The summed E-state index contributed by atoms with van der Waals surface area (Å²) >= 11 is 0. The molecular formula is C22H26N4O3. The lowest BCUT2D eigenvalue weighted by molar-refractivity contribution is -0.144. The topological polar surface area (TPSA) is 84.3 Å². The smallest absolute Gasteiger partial charge is 0.244 e. The Morgan fingerprint density at radius 2 is 1.79 bits per heavy atom. The van der Waals surface area contributed by atoms with Crippen LogP contribution in [-0.4, -0.2) is 38.9 Å². The fourth-order valence-electron chi connectivity index (χ4n) is 4.61. The van der Waals surface area contributed by atoms with E-state index in [9.17, 15) is 14.4 Å². The van der Waals surface area contributed by atoms with Crippen LogP contribution in [0, 0.1) is 19.3 Å². The molecule has 1 aromatic carbocycles. The van der Waals surface area contributed by atoms with Crippen molar-refractivity contribution in [3.05, 3.63) is 41.7 Å². The van der Waals surface area contributed by atoms with Gasteiger partial charge in [0.25, 0.3) is 0 Å². The number of rotatable bonds is 4. The standard InChI is InChI=1S/C22H26N4O3/c1-15-20(16(2)26(24-15)17-9-5-3-6-10-17)23-18(27)14-25-19(28)13-22(21(25)29)11-7-4-8-12-22/h3,5-6,9-10H,4,7-8,11-14H2,1-2H3,(H,23,27). The highest BCUT2D eigenvalue weighted by Gasteiger charge is 2.51. The van der Waals surface area contributed by atoms with E-state index in [1.54, 1.807) is 4.68 Å². The minimum Gasteiger partial charge on any atom is -0.321 e. The van der Waals surface area contributed by atoms with Gasteiger partial charge in [-0.05, 0) is 38.8 Å². The maximum atomic E-state index is 12.9. The van der Waals surface area contributed by atoms with Gasteiger partial charge in [-0.3, -0.25) is 19.3 Å². The first-order valence-electron chi connectivity index (χ1n) is 10.2. The summed E-state index contributed by atoms with van der Waals surface area (Å²) in [6, 6.07) is 9.67. The van der Waals surface area contributed by atoms with Gasteiger partial charge in [0.05, 0.1) is 28.2 Å². The van der Waals surface area contributed by atoms with Gasteiger partial charge in [-0.1, -0.05) is 37.5 Å². The minimum absolute atomic E-state index is 0.175. The van der Waals surface area contributed by atoms with E-state index in [0.29, 0.717) is 11.4 Å². The minimum atomic E-state index is -0.570. The monoisotopic (exact) mass is 394 g/mol. The van der Waals surface area contributed by atoms with Crippen molar-refractivity contribution in [2.45, 2.75) is 52.4 Å². The zero-order valence-corrected chi connectivity index (χ0v) is 16.9. The zero-order valence-electron chi connectivity index (χ0n) is 16.9. The Labute approximate surface area is 170 Å². The average Bonchev–Trinajstić information content (AvgIpc) is 3.12. The number of aromatic nitrogens is 2. The number of carbonyl (C=O) groups is 3. The van der Waals surface area contributed by atoms with Crippen molar-refractivity contribution >= 4 is 23.4 Å². The molecule has 1 saturated carbocycles. The first-order chi connectivity index (χ1) is 13.9. The van der Waals surface area contributed by atoms with Crippen LogP contribution in [0.4, 0.5) is 5.69 Å². The number of para-hydroxylation sites is 1. The third kappa shape index (κ3) is 3.45. The quantitative estimate of drug-likeness (QED) is 0.808. The highest BCUT2D eigenvalue weighted by Crippen LogP contribution is 2.45. The molecule has 1 aromatic heterocycles. The maximum absolute atomic E-state index is 12.9. The predicted octanol–water partition coefficient (Wildman–Crippen LogP) is 3.14. The summed E-state index contributed by atoms with van der Waals surface area (Å²) in [4.78, 5) is 39.2. The van der Waals surface area contributed by atoms with E-state index < -0.39 is 5.41 Å². The molecule has 1 aliphatic heterocycles. The van der Waals surface area contributed by atoms with Gasteiger partial charge in [-0.25, -0.2) is 4.68 Å². The van der Waals surface area contributed by atoms with Crippen molar-refractivity contribution in [1.82, 2.24) is 14.7 Å². The van der Waals surface area contributed by atoms with Gasteiger partial charge in [-0.15, -0.1) is 0 Å². The SMILES string of the molecule is Cc1nn(-c2ccccc2)c(C)c1NC(=O)CN1C(=O)CC2(CCCCC2)C1=O. The van der Waals surface area contributed by atoms with Crippen LogP contribution in [-0.2, 0) is 14.4 Å². The van der Waals surface area contributed by atoms with Gasteiger partial charge in [0.2, 0.25) is 17.7 Å². The van der Waals surface area contributed by atoms with Crippen molar-refractivity contribution in [3.8, 4) is 5.69 Å². The third-order valence-electron chi connectivity index (χ3n) is 6.16. The Morgan fingerprint density at radius 3 is 2.48 bits per heavy atom. The summed E-state index contributed by atoms with van der Waals surface area (Å²) in [5, 5.41) is 7.38. The highest BCUT2D eigenvalue weighted by molar-refractivity contribution is 6.09. The molecule has 2 heterocycles. The van der Waals surface area contributed by atoms with Crippen LogP contribution in [0.5, 0.6) is 0 Å².